The number of anilines is 1. The highest BCUT2D eigenvalue weighted by molar-refractivity contribution is 7.18. The van der Waals surface area contributed by atoms with Gasteiger partial charge in [-0.2, -0.15) is 0 Å². The number of carboxylic acids is 1. The summed E-state index contributed by atoms with van der Waals surface area (Å²) in [6.45, 7) is 1.96. The summed E-state index contributed by atoms with van der Waals surface area (Å²) in [5.74, 6) is -0.411. The van der Waals surface area contributed by atoms with Crippen molar-refractivity contribution in [2.24, 2.45) is 5.92 Å². The van der Waals surface area contributed by atoms with Crippen molar-refractivity contribution >= 4 is 44.1 Å². The molecule has 0 spiro atoms. The van der Waals surface area contributed by atoms with Crippen LogP contribution in [0, 0.1) is 5.92 Å². The van der Waals surface area contributed by atoms with E-state index in [1.165, 1.54) is 6.08 Å². The molecule has 25 heavy (non-hydrogen) atoms. The Morgan fingerprint density at radius 1 is 1.32 bits per heavy atom. The summed E-state index contributed by atoms with van der Waals surface area (Å²) in [6, 6.07) is 6.97. The van der Waals surface area contributed by atoms with Crippen LogP contribution in [-0.2, 0) is 0 Å². The minimum atomic E-state index is -0.978. The standard InChI is InChI=1S/C19H15FN2O2S/c1-10-8-12(20)3-5-15(10)21-18-14-6-7-25-17(14)13-4-2-11(19(23)24)9-16(13)22-18/h2-7,9-10H,8H2,1H3,(H,21,22)(H,23,24). The van der Waals surface area contributed by atoms with Crippen molar-refractivity contribution in [3.05, 3.63) is 58.9 Å². The number of hydrogen-bond donors (Lipinski definition) is 2. The fourth-order valence-electron chi connectivity index (χ4n) is 3.05. The van der Waals surface area contributed by atoms with E-state index in [1.54, 1.807) is 35.6 Å². The highest BCUT2D eigenvalue weighted by Gasteiger charge is 2.18. The first-order valence-electron chi connectivity index (χ1n) is 7.90. The predicted octanol–water partition coefficient (Wildman–Crippen LogP) is 5.34. The number of aromatic nitrogens is 1. The van der Waals surface area contributed by atoms with E-state index < -0.39 is 5.97 Å². The maximum absolute atomic E-state index is 13.4. The average Bonchev–Trinajstić information content (AvgIpc) is 3.07. The number of hydrogen-bond acceptors (Lipinski definition) is 4. The van der Waals surface area contributed by atoms with Gasteiger partial charge in [-0.25, -0.2) is 14.2 Å². The Hall–Kier alpha value is -2.73. The molecule has 4 nitrogen and oxygen atoms in total. The molecule has 1 aliphatic rings. The number of allylic oxidation sites excluding steroid dienone is 4. The van der Waals surface area contributed by atoms with Crippen LogP contribution >= 0.6 is 11.3 Å². The van der Waals surface area contributed by atoms with Crippen molar-refractivity contribution in [3.8, 4) is 0 Å². The number of fused-ring (bicyclic) bond motifs is 3. The first-order chi connectivity index (χ1) is 12.0. The quantitative estimate of drug-likeness (QED) is 0.667. The van der Waals surface area contributed by atoms with E-state index in [0.29, 0.717) is 17.8 Å². The summed E-state index contributed by atoms with van der Waals surface area (Å²) < 4.78 is 14.4. The van der Waals surface area contributed by atoms with E-state index >= 15 is 0 Å². The smallest absolute Gasteiger partial charge is 0.335 e. The van der Waals surface area contributed by atoms with Crippen LogP contribution < -0.4 is 5.32 Å². The SMILES string of the molecule is CC1CC(F)=CC=C1Nc1nc2cc(C(=O)O)ccc2c2sccc12. The molecule has 2 N–H and O–H groups in total. The molecule has 0 aliphatic heterocycles. The van der Waals surface area contributed by atoms with Gasteiger partial charge in [-0.1, -0.05) is 13.0 Å². The summed E-state index contributed by atoms with van der Waals surface area (Å²) in [7, 11) is 0. The van der Waals surface area contributed by atoms with Crippen molar-refractivity contribution in [2.45, 2.75) is 13.3 Å². The molecule has 1 unspecified atom stereocenters. The summed E-state index contributed by atoms with van der Waals surface area (Å²) in [5.41, 5.74) is 1.73. The van der Waals surface area contributed by atoms with Gasteiger partial charge in [0, 0.05) is 33.5 Å². The van der Waals surface area contributed by atoms with Gasteiger partial charge >= 0.3 is 5.97 Å². The first-order valence-corrected chi connectivity index (χ1v) is 8.78. The summed E-state index contributed by atoms with van der Waals surface area (Å²) >= 11 is 1.59. The fourth-order valence-corrected chi connectivity index (χ4v) is 3.98. The maximum Gasteiger partial charge on any atom is 0.335 e. The molecule has 0 saturated carbocycles. The van der Waals surface area contributed by atoms with Gasteiger partial charge in [0.25, 0.3) is 0 Å². The maximum atomic E-state index is 13.4. The van der Waals surface area contributed by atoms with Crippen LogP contribution in [0.25, 0.3) is 21.0 Å². The molecule has 126 valence electrons. The van der Waals surface area contributed by atoms with Crippen LogP contribution in [0.1, 0.15) is 23.7 Å². The normalized spacial score (nSPS) is 17.4. The second-order valence-corrected chi connectivity index (χ2v) is 7.04. The Bertz CT molecular complexity index is 1070. The molecular formula is C19H15FN2O2S. The third-order valence-electron chi connectivity index (χ3n) is 4.38. The molecule has 0 radical (unpaired) electrons. The third-order valence-corrected chi connectivity index (χ3v) is 5.33. The zero-order valence-corrected chi connectivity index (χ0v) is 14.2. The molecule has 2 aromatic heterocycles. The highest BCUT2D eigenvalue weighted by Crippen LogP contribution is 2.35. The lowest BCUT2D eigenvalue weighted by Gasteiger charge is -2.20. The van der Waals surface area contributed by atoms with Gasteiger partial charge in [0.05, 0.1) is 11.1 Å². The van der Waals surface area contributed by atoms with Gasteiger partial charge in [-0.05, 0) is 35.7 Å². The summed E-state index contributed by atoms with van der Waals surface area (Å²) in [4.78, 5) is 15.9. The second kappa shape index (κ2) is 5.97. The van der Waals surface area contributed by atoms with Crippen molar-refractivity contribution in [1.82, 2.24) is 4.98 Å². The first kappa shape index (κ1) is 15.8. The van der Waals surface area contributed by atoms with E-state index in [-0.39, 0.29) is 17.3 Å². The Balaban J connectivity index is 1.87. The molecule has 1 aromatic carbocycles. The van der Waals surface area contributed by atoms with E-state index in [9.17, 15) is 14.3 Å². The number of carbonyl (C=O) groups is 1. The van der Waals surface area contributed by atoms with Crippen LogP contribution in [0.5, 0.6) is 0 Å². The average molecular weight is 354 g/mol. The molecule has 0 bridgehead atoms. The zero-order chi connectivity index (χ0) is 17.6. The van der Waals surface area contributed by atoms with Crippen LogP contribution in [0.3, 0.4) is 0 Å². The molecule has 1 aliphatic carbocycles. The molecule has 0 saturated heterocycles. The number of nitrogens with zero attached hydrogens (tertiary/aromatic N) is 1. The topological polar surface area (TPSA) is 62.2 Å². The van der Waals surface area contributed by atoms with Gasteiger partial charge in [0.1, 0.15) is 11.6 Å². The summed E-state index contributed by atoms with van der Waals surface area (Å²) in [5, 5.41) is 16.4. The van der Waals surface area contributed by atoms with Crippen LogP contribution in [0.15, 0.2) is 53.3 Å². The minimum absolute atomic E-state index is 0.0292. The molecule has 3 aromatic rings. The van der Waals surface area contributed by atoms with Crippen molar-refractivity contribution in [2.75, 3.05) is 5.32 Å². The second-order valence-electron chi connectivity index (χ2n) is 6.13. The molecule has 0 fully saturated rings. The predicted molar refractivity (Wildman–Crippen MR) is 98.8 cm³/mol. The molecule has 6 heteroatoms. The molecule has 1 atom stereocenters. The zero-order valence-electron chi connectivity index (χ0n) is 13.4. The number of rotatable bonds is 3. The number of thiophene rings is 1. The van der Waals surface area contributed by atoms with Crippen LogP contribution in [-0.4, -0.2) is 16.1 Å². The van der Waals surface area contributed by atoms with Gasteiger partial charge in [-0.15, -0.1) is 11.3 Å². The Morgan fingerprint density at radius 2 is 2.16 bits per heavy atom. The number of halogens is 1. The van der Waals surface area contributed by atoms with Crippen LogP contribution in [0.4, 0.5) is 10.2 Å². The number of nitrogens with one attached hydrogen (secondary N) is 1. The Labute approximate surface area is 147 Å². The lowest BCUT2D eigenvalue weighted by Crippen LogP contribution is -2.13. The molecule has 4 rings (SSSR count). The van der Waals surface area contributed by atoms with E-state index in [1.807, 2.05) is 18.4 Å². The summed E-state index contributed by atoms with van der Waals surface area (Å²) in [6.07, 6.45) is 3.57. The fraction of sp³-hybridized carbons (Fsp3) is 0.158. The number of pyridine rings is 1. The number of aromatic carboxylic acids is 1. The van der Waals surface area contributed by atoms with Crippen molar-refractivity contribution in [3.63, 3.8) is 0 Å². The van der Waals surface area contributed by atoms with E-state index in [2.05, 4.69) is 10.3 Å². The van der Waals surface area contributed by atoms with Crippen molar-refractivity contribution < 1.29 is 14.3 Å². The number of benzene rings is 1. The lowest BCUT2D eigenvalue weighted by molar-refractivity contribution is 0.0697. The van der Waals surface area contributed by atoms with E-state index in [4.69, 9.17) is 0 Å². The largest absolute Gasteiger partial charge is 0.478 e. The Kier molecular flexibility index (Phi) is 3.77. The van der Waals surface area contributed by atoms with Gasteiger partial charge in [0.2, 0.25) is 0 Å². The highest BCUT2D eigenvalue weighted by atomic mass is 32.1. The van der Waals surface area contributed by atoms with Gasteiger partial charge in [-0.3, -0.25) is 0 Å². The van der Waals surface area contributed by atoms with Crippen LogP contribution in [0.2, 0.25) is 0 Å². The van der Waals surface area contributed by atoms with E-state index in [0.717, 1.165) is 21.2 Å². The third kappa shape index (κ3) is 2.78. The van der Waals surface area contributed by atoms with Gasteiger partial charge in [0.15, 0.2) is 0 Å². The molecule has 0 amide bonds. The Morgan fingerprint density at radius 3 is 2.92 bits per heavy atom. The monoisotopic (exact) mass is 354 g/mol. The molecular weight excluding hydrogens is 339 g/mol. The minimum Gasteiger partial charge on any atom is -0.478 e. The lowest BCUT2D eigenvalue weighted by atomic mass is 9.98. The van der Waals surface area contributed by atoms with Crippen molar-refractivity contribution in [1.29, 1.82) is 0 Å². The molecule has 2 heterocycles. The number of carboxylic acid groups (broad SMARTS) is 1. The van der Waals surface area contributed by atoms with Gasteiger partial charge < -0.3 is 10.4 Å².